The summed E-state index contributed by atoms with van der Waals surface area (Å²) < 4.78 is 0.695. The fourth-order valence-electron chi connectivity index (χ4n) is 1.42. The first-order valence-electron chi connectivity index (χ1n) is 5.67. The number of rotatable bonds is 3. The lowest BCUT2D eigenvalue weighted by Gasteiger charge is -2.06. The summed E-state index contributed by atoms with van der Waals surface area (Å²) in [7, 11) is 0. The van der Waals surface area contributed by atoms with Crippen LogP contribution in [0.2, 0.25) is 0 Å². The van der Waals surface area contributed by atoms with Gasteiger partial charge in [-0.1, -0.05) is 31.3 Å². The van der Waals surface area contributed by atoms with Gasteiger partial charge in [-0.25, -0.2) is 0 Å². The summed E-state index contributed by atoms with van der Waals surface area (Å²) in [5.74, 6) is 0.00403. The Morgan fingerprint density at radius 3 is 2.79 bits per heavy atom. The van der Waals surface area contributed by atoms with Gasteiger partial charge in [-0.15, -0.1) is 10.2 Å². The summed E-state index contributed by atoms with van der Waals surface area (Å²) in [6.45, 7) is 4.05. The van der Waals surface area contributed by atoms with E-state index in [1.54, 1.807) is 18.2 Å². The molecule has 0 unspecified atom stereocenters. The van der Waals surface area contributed by atoms with Crippen molar-refractivity contribution in [3.8, 4) is 0 Å². The summed E-state index contributed by atoms with van der Waals surface area (Å²) in [5, 5.41) is 12.0. The molecule has 1 amide bonds. The van der Waals surface area contributed by atoms with Gasteiger partial charge in [0.05, 0.1) is 11.3 Å². The Bertz CT molecular complexity index is 612. The lowest BCUT2D eigenvalue weighted by molar-refractivity contribution is 0.102. The molecule has 1 aromatic carbocycles. The first-order valence-corrected chi connectivity index (χ1v) is 7.28. The van der Waals surface area contributed by atoms with Gasteiger partial charge in [-0.05, 0) is 28.1 Å². The second-order valence-corrected chi connectivity index (χ2v) is 6.12. The maximum absolute atomic E-state index is 12.1. The minimum absolute atomic E-state index is 0.287. The van der Waals surface area contributed by atoms with Crippen molar-refractivity contribution in [3.63, 3.8) is 0 Å². The number of nitrogens with one attached hydrogen (secondary N) is 1. The van der Waals surface area contributed by atoms with Gasteiger partial charge in [0.15, 0.2) is 0 Å². The Balaban J connectivity index is 2.18. The van der Waals surface area contributed by atoms with Crippen molar-refractivity contribution in [2.24, 2.45) is 0 Å². The summed E-state index contributed by atoms with van der Waals surface area (Å²) in [6.07, 6.45) is 0. The standard InChI is InChI=1S/C12H13BrN4OS/c1-6(2)11-16-17-12(19-11)15-10(18)7-4-3-5-8(13)9(7)14/h3-6H,14H2,1-2H3,(H,15,17,18). The Morgan fingerprint density at radius 2 is 2.16 bits per heavy atom. The lowest BCUT2D eigenvalue weighted by atomic mass is 10.2. The van der Waals surface area contributed by atoms with E-state index in [9.17, 15) is 4.79 Å². The van der Waals surface area contributed by atoms with E-state index in [0.717, 1.165) is 5.01 Å². The minimum atomic E-state index is -0.287. The number of benzene rings is 1. The predicted octanol–water partition coefficient (Wildman–Crippen LogP) is 3.26. The molecule has 0 aliphatic carbocycles. The number of amides is 1. The fourth-order valence-corrected chi connectivity index (χ4v) is 2.52. The SMILES string of the molecule is CC(C)c1nnc(NC(=O)c2cccc(Br)c2N)s1. The number of hydrogen-bond acceptors (Lipinski definition) is 5. The van der Waals surface area contributed by atoms with Crippen LogP contribution >= 0.6 is 27.3 Å². The summed E-state index contributed by atoms with van der Waals surface area (Å²) in [6, 6.07) is 5.21. The monoisotopic (exact) mass is 340 g/mol. The fraction of sp³-hybridized carbons (Fsp3) is 0.250. The predicted molar refractivity (Wildman–Crippen MR) is 80.5 cm³/mol. The van der Waals surface area contributed by atoms with Crippen LogP contribution in [-0.2, 0) is 0 Å². The first-order chi connectivity index (χ1) is 8.99. The maximum Gasteiger partial charge on any atom is 0.259 e. The van der Waals surface area contributed by atoms with Crippen LogP contribution in [0.15, 0.2) is 22.7 Å². The van der Waals surface area contributed by atoms with E-state index in [1.807, 2.05) is 13.8 Å². The number of carbonyl (C=O) groups excluding carboxylic acids is 1. The van der Waals surface area contributed by atoms with Crippen LogP contribution in [0.3, 0.4) is 0 Å². The van der Waals surface area contributed by atoms with E-state index in [2.05, 4.69) is 31.4 Å². The molecule has 2 rings (SSSR count). The average Bonchev–Trinajstić information content (AvgIpc) is 2.81. The van der Waals surface area contributed by atoms with E-state index in [-0.39, 0.29) is 5.91 Å². The molecule has 1 heterocycles. The molecular formula is C12H13BrN4OS. The highest BCUT2D eigenvalue weighted by Gasteiger charge is 2.14. The average molecular weight is 341 g/mol. The molecule has 0 atom stereocenters. The van der Waals surface area contributed by atoms with Crippen LogP contribution in [-0.4, -0.2) is 16.1 Å². The number of aromatic nitrogens is 2. The highest BCUT2D eigenvalue weighted by atomic mass is 79.9. The number of anilines is 2. The highest BCUT2D eigenvalue weighted by molar-refractivity contribution is 9.10. The van der Waals surface area contributed by atoms with Crippen LogP contribution < -0.4 is 11.1 Å². The highest BCUT2D eigenvalue weighted by Crippen LogP contribution is 2.26. The number of para-hydroxylation sites is 1. The molecule has 1 aromatic heterocycles. The number of hydrogen-bond donors (Lipinski definition) is 2. The van der Waals surface area contributed by atoms with Gasteiger partial charge < -0.3 is 5.73 Å². The van der Waals surface area contributed by atoms with Crippen molar-refractivity contribution < 1.29 is 4.79 Å². The topological polar surface area (TPSA) is 80.9 Å². The molecule has 0 spiro atoms. The molecule has 7 heteroatoms. The third-order valence-electron chi connectivity index (χ3n) is 2.45. The van der Waals surface area contributed by atoms with E-state index in [4.69, 9.17) is 5.73 Å². The van der Waals surface area contributed by atoms with E-state index >= 15 is 0 Å². The van der Waals surface area contributed by atoms with Crippen molar-refractivity contribution in [2.45, 2.75) is 19.8 Å². The zero-order valence-corrected chi connectivity index (χ0v) is 12.9. The van der Waals surface area contributed by atoms with Gasteiger partial charge in [0.1, 0.15) is 5.01 Å². The van der Waals surface area contributed by atoms with Crippen molar-refractivity contribution in [1.82, 2.24) is 10.2 Å². The smallest absolute Gasteiger partial charge is 0.259 e. The van der Waals surface area contributed by atoms with Crippen LogP contribution in [0, 0.1) is 0 Å². The lowest BCUT2D eigenvalue weighted by Crippen LogP contribution is -2.14. The Labute approximate surface area is 123 Å². The van der Waals surface area contributed by atoms with E-state index in [0.29, 0.717) is 26.8 Å². The first kappa shape index (κ1) is 14.0. The van der Waals surface area contributed by atoms with Crippen molar-refractivity contribution >= 4 is 44.0 Å². The Morgan fingerprint density at radius 1 is 1.42 bits per heavy atom. The molecule has 0 bridgehead atoms. The number of nitrogen functional groups attached to an aromatic ring is 1. The molecule has 0 radical (unpaired) electrons. The molecule has 2 aromatic rings. The maximum atomic E-state index is 12.1. The van der Waals surface area contributed by atoms with Crippen molar-refractivity contribution in [3.05, 3.63) is 33.2 Å². The number of nitrogens with two attached hydrogens (primary N) is 1. The van der Waals surface area contributed by atoms with Gasteiger partial charge in [0.2, 0.25) is 5.13 Å². The second kappa shape index (κ2) is 5.66. The van der Waals surface area contributed by atoms with Gasteiger partial charge >= 0.3 is 0 Å². The molecule has 0 aliphatic rings. The molecule has 0 aliphatic heterocycles. The third-order valence-corrected chi connectivity index (χ3v) is 4.28. The van der Waals surface area contributed by atoms with Crippen LogP contribution in [0.1, 0.15) is 35.1 Å². The Kier molecular flexibility index (Phi) is 4.16. The van der Waals surface area contributed by atoms with E-state index in [1.165, 1.54) is 11.3 Å². The summed E-state index contributed by atoms with van der Waals surface area (Å²) >= 11 is 4.66. The quantitative estimate of drug-likeness (QED) is 0.840. The third kappa shape index (κ3) is 3.10. The molecule has 3 N–H and O–H groups in total. The van der Waals surface area contributed by atoms with Crippen LogP contribution in [0.5, 0.6) is 0 Å². The minimum Gasteiger partial charge on any atom is -0.397 e. The number of halogens is 1. The normalized spacial score (nSPS) is 10.7. The van der Waals surface area contributed by atoms with Crippen molar-refractivity contribution in [1.29, 1.82) is 0 Å². The largest absolute Gasteiger partial charge is 0.397 e. The van der Waals surface area contributed by atoms with Crippen molar-refractivity contribution in [2.75, 3.05) is 11.1 Å². The second-order valence-electron chi connectivity index (χ2n) is 4.26. The molecule has 0 saturated heterocycles. The molecule has 5 nitrogen and oxygen atoms in total. The molecule has 0 saturated carbocycles. The molecule has 100 valence electrons. The molecule has 0 fully saturated rings. The summed E-state index contributed by atoms with van der Waals surface area (Å²) in [5.41, 5.74) is 6.67. The van der Waals surface area contributed by atoms with Gasteiger partial charge in [-0.2, -0.15) is 0 Å². The molecule has 19 heavy (non-hydrogen) atoms. The van der Waals surface area contributed by atoms with Crippen LogP contribution in [0.4, 0.5) is 10.8 Å². The van der Waals surface area contributed by atoms with Crippen LogP contribution in [0.25, 0.3) is 0 Å². The zero-order valence-electron chi connectivity index (χ0n) is 10.5. The van der Waals surface area contributed by atoms with Gasteiger partial charge in [-0.3, -0.25) is 10.1 Å². The van der Waals surface area contributed by atoms with E-state index < -0.39 is 0 Å². The zero-order chi connectivity index (χ0) is 14.0. The Hall–Kier alpha value is -1.47. The summed E-state index contributed by atoms with van der Waals surface area (Å²) in [4.78, 5) is 12.1. The number of nitrogens with zero attached hydrogens (tertiary/aromatic N) is 2. The molecular weight excluding hydrogens is 328 g/mol. The van der Waals surface area contributed by atoms with Gasteiger partial charge in [0.25, 0.3) is 5.91 Å². The number of carbonyl (C=O) groups is 1. The van der Waals surface area contributed by atoms with Gasteiger partial charge in [0, 0.05) is 10.4 Å².